The van der Waals surface area contributed by atoms with E-state index < -0.39 is 5.60 Å². The summed E-state index contributed by atoms with van der Waals surface area (Å²) in [6.45, 7) is 6.75. The van der Waals surface area contributed by atoms with Crippen molar-refractivity contribution >= 4 is 17.1 Å². The normalized spacial score (nSPS) is 16.7. The maximum atomic E-state index is 12.2. The van der Waals surface area contributed by atoms with Gasteiger partial charge in [-0.1, -0.05) is 0 Å². The van der Waals surface area contributed by atoms with Crippen LogP contribution in [0.3, 0.4) is 0 Å². The highest BCUT2D eigenvalue weighted by atomic mass is 16.6. The number of nitrogens with zero attached hydrogens (tertiary/aromatic N) is 3. The number of piperidine rings is 1. The molecule has 124 valence electrons. The fourth-order valence-electron chi connectivity index (χ4n) is 2.97. The molecular formula is C16H22N4O3. The van der Waals surface area contributed by atoms with Gasteiger partial charge in [0.2, 0.25) is 0 Å². The third-order valence-corrected chi connectivity index (χ3v) is 4.00. The van der Waals surface area contributed by atoms with E-state index in [1.54, 1.807) is 21.9 Å². The van der Waals surface area contributed by atoms with Gasteiger partial charge in [0.1, 0.15) is 5.60 Å². The van der Waals surface area contributed by atoms with E-state index in [-0.39, 0.29) is 17.8 Å². The lowest BCUT2D eigenvalue weighted by Crippen LogP contribution is -2.43. The SMILES string of the molecule is CC(C)(C)OC(=O)N1CCC(n2c(=O)[nH]c3cnccc32)CC1. The maximum absolute atomic E-state index is 12.2. The van der Waals surface area contributed by atoms with Crippen molar-refractivity contribution in [2.24, 2.45) is 0 Å². The van der Waals surface area contributed by atoms with Crippen LogP contribution in [0.2, 0.25) is 0 Å². The Morgan fingerprint density at radius 1 is 1.35 bits per heavy atom. The van der Waals surface area contributed by atoms with E-state index in [1.165, 1.54) is 0 Å². The molecule has 3 heterocycles. The molecule has 1 amide bonds. The minimum atomic E-state index is -0.491. The van der Waals surface area contributed by atoms with Crippen LogP contribution in [0.15, 0.2) is 23.3 Å². The van der Waals surface area contributed by atoms with E-state index in [1.807, 2.05) is 26.8 Å². The number of aromatic nitrogens is 3. The number of aromatic amines is 1. The first kappa shape index (κ1) is 15.6. The molecule has 23 heavy (non-hydrogen) atoms. The Hall–Kier alpha value is -2.31. The van der Waals surface area contributed by atoms with E-state index in [9.17, 15) is 9.59 Å². The summed E-state index contributed by atoms with van der Waals surface area (Å²) < 4.78 is 7.18. The third kappa shape index (κ3) is 3.23. The van der Waals surface area contributed by atoms with Gasteiger partial charge in [-0.05, 0) is 39.7 Å². The van der Waals surface area contributed by atoms with Crippen molar-refractivity contribution in [3.63, 3.8) is 0 Å². The van der Waals surface area contributed by atoms with Crippen molar-refractivity contribution in [1.82, 2.24) is 19.4 Å². The second kappa shape index (κ2) is 5.72. The minimum Gasteiger partial charge on any atom is -0.444 e. The molecular weight excluding hydrogens is 296 g/mol. The number of nitrogens with one attached hydrogen (secondary N) is 1. The van der Waals surface area contributed by atoms with Crippen LogP contribution < -0.4 is 5.69 Å². The van der Waals surface area contributed by atoms with Gasteiger partial charge in [-0.25, -0.2) is 9.59 Å². The van der Waals surface area contributed by atoms with Crippen LogP contribution in [-0.4, -0.2) is 44.2 Å². The molecule has 1 fully saturated rings. The Morgan fingerprint density at radius 3 is 2.70 bits per heavy atom. The highest BCUT2D eigenvalue weighted by Gasteiger charge is 2.28. The van der Waals surface area contributed by atoms with Crippen LogP contribution in [0.25, 0.3) is 11.0 Å². The van der Waals surface area contributed by atoms with E-state index in [4.69, 9.17) is 4.74 Å². The zero-order chi connectivity index (χ0) is 16.6. The van der Waals surface area contributed by atoms with E-state index in [0.717, 1.165) is 23.9 Å². The standard InChI is InChI=1S/C16H22N4O3/c1-16(2,3)23-15(22)19-8-5-11(6-9-19)20-13-4-7-17-10-12(13)18-14(20)21/h4,7,10-11H,5-6,8-9H2,1-3H3,(H,18,21). The van der Waals surface area contributed by atoms with Crippen molar-refractivity contribution in [1.29, 1.82) is 0 Å². The van der Waals surface area contributed by atoms with Gasteiger partial charge in [-0.15, -0.1) is 0 Å². The number of carbonyl (C=O) groups excluding carboxylic acids is 1. The second-order valence-corrected chi connectivity index (χ2v) is 6.89. The molecule has 2 aromatic rings. The van der Waals surface area contributed by atoms with Crippen LogP contribution in [0.5, 0.6) is 0 Å². The molecule has 1 aliphatic rings. The Morgan fingerprint density at radius 2 is 2.04 bits per heavy atom. The summed E-state index contributed by atoms with van der Waals surface area (Å²) in [4.78, 5) is 32.9. The Bertz CT molecular complexity index is 763. The molecule has 7 nitrogen and oxygen atoms in total. The van der Waals surface area contributed by atoms with Crippen LogP contribution in [-0.2, 0) is 4.74 Å². The summed E-state index contributed by atoms with van der Waals surface area (Å²) in [5.74, 6) is 0. The molecule has 0 spiro atoms. The van der Waals surface area contributed by atoms with Gasteiger partial charge < -0.3 is 14.6 Å². The van der Waals surface area contributed by atoms with Gasteiger partial charge in [-0.3, -0.25) is 9.55 Å². The lowest BCUT2D eigenvalue weighted by atomic mass is 10.1. The molecule has 1 aliphatic heterocycles. The van der Waals surface area contributed by atoms with Crippen LogP contribution >= 0.6 is 0 Å². The van der Waals surface area contributed by atoms with Crippen LogP contribution in [0.4, 0.5) is 4.79 Å². The van der Waals surface area contributed by atoms with Crippen molar-refractivity contribution in [2.75, 3.05) is 13.1 Å². The number of hydrogen-bond donors (Lipinski definition) is 1. The smallest absolute Gasteiger partial charge is 0.410 e. The zero-order valence-electron chi connectivity index (χ0n) is 13.7. The van der Waals surface area contributed by atoms with Crippen molar-refractivity contribution in [2.45, 2.75) is 45.3 Å². The predicted octanol–water partition coefficient (Wildman–Crippen LogP) is 2.30. The van der Waals surface area contributed by atoms with E-state index in [2.05, 4.69) is 9.97 Å². The number of ether oxygens (including phenoxy) is 1. The van der Waals surface area contributed by atoms with Crippen molar-refractivity contribution < 1.29 is 9.53 Å². The summed E-state index contributed by atoms with van der Waals surface area (Å²) in [5, 5.41) is 0. The Balaban J connectivity index is 1.73. The van der Waals surface area contributed by atoms with Crippen molar-refractivity contribution in [3.05, 3.63) is 28.9 Å². The lowest BCUT2D eigenvalue weighted by Gasteiger charge is -2.33. The van der Waals surface area contributed by atoms with Crippen molar-refractivity contribution in [3.8, 4) is 0 Å². The number of likely N-dealkylation sites (tertiary alicyclic amines) is 1. The summed E-state index contributed by atoms with van der Waals surface area (Å²) in [6.07, 6.45) is 4.51. The molecule has 1 saturated heterocycles. The second-order valence-electron chi connectivity index (χ2n) is 6.89. The summed E-state index contributed by atoms with van der Waals surface area (Å²) in [5.41, 5.74) is 0.992. The molecule has 0 aromatic carbocycles. The molecule has 0 saturated carbocycles. The van der Waals surface area contributed by atoms with E-state index in [0.29, 0.717) is 13.1 Å². The highest BCUT2D eigenvalue weighted by Crippen LogP contribution is 2.25. The minimum absolute atomic E-state index is 0.0809. The number of fused-ring (bicyclic) bond motifs is 1. The summed E-state index contributed by atoms with van der Waals surface area (Å²) in [6, 6.07) is 1.92. The van der Waals surface area contributed by atoms with Crippen LogP contribution in [0.1, 0.15) is 39.7 Å². The summed E-state index contributed by atoms with van der Waals surface area (Å²) >= 11 is 0. The molecule has 0 aliphatic carbocycles. The van der Waals surface area contributed by atoms with Gasteiger partial charge >= 0.3 is 11.8 Å². The average molecular weight is 318 g/mol. The Kier molecular flexibility index (Phi) is 3.87. The molecule has 1 N–H and O–H groups in total. The highest BCUT2D eigenvalue weighted by molar-refractivity contribution is 5.74. The summed E-state index contributed by atoms with van der Waals surface area (Å²) in [7, 11) is 0. The molecule has 7 heteroatoms. The van der Waals surface area contributed by atoms with Gasteiger partial charge in [0.05, 0.1) is 17.2 Å². The first-order valence-electron chi connectivity index (χ1n) is 7.87. The first-order valence-corrected chi connectivity index (χ1v) is 7.87. The van der Waals surface area contributed by atoms with Gasteiger partial charge in [0.25, 0.3) is 0 Å². The maximum Gasteiger partial charge on any atom is 0.410 e. The Labute approximate surface area is 134 Å². The number of pyridine rings is 1. The monoisotopic (exact) mass is 318 g/mol. The molecule has 0 unspecified atom stereocenters. The largest absolute Gasteiger partial charge is 0.444 e. The van der Waals surface area contributed by atoms with Crippen LogP contribution in [0, 0.1) is 0 Å². The predicted molar refractivity (Wildman–Crippen MR) is 86.4 cm³/mol. The van der Waals surface area contributed by atoms with E-state index >= 15 is 0 Å². The molecule has 2 aromatic heterocycles. The number of hydrogen-bond acceptors (Lipinski definition) is 4. The number of imidazole rings is 1. The molecule has 0 atom stereocenters. The number of H-pyrrole nitrogens is 1. The van der Waals surface area contributed by atoms with Gasteiger partial charge in [-0.2, -0.15) is 0 Å². The lowest BCUT2D eigenvalue weighted by molar-refractivity contribution is 0.0189. The fourth-order valence-corrected chi connectivity index (χ4v) is 2.97. The molecule has 3 rings (SSSR count). The quantitative estimate of drug-likeness (QED) is 0.875. The topological polar surface area (TPSA) is 80.2 Å². The van der Waals surface area contributed by atoms with Gasteiger partial charge in [0, 0.05) is 25.3 Å². The average Bonchev–Trinajstić information content (AvgIpc) is 2.81. The molecule has 0 bridgehead atoms. The zero-order valence-corrected chi connectivity index (χ0v) is 13.7. The number of rotatable bonds is 1. The number of amides is 1. The molecule has 0 radical (unpaired) electrons. The first-order chi connectivity index (χ1) is 10.8. The number of carbonyl (C=O) groups is 1. The third-order valence-electron chi connectivity index (χ3n) is 4.00. The fraction of sp³-hybridized carbons (Fsp3) is 0.562. The van der Waals surface area contributed by atoms with Gasteiger partial charge in [0.15, 0.2) is 0 Å².